The Balaban J connectivity index is 1.58. The molecule has 0 aromatic heterocycles. The van der Waals surface area contributed by atoms with Crippen molar-refractivity contribution in [3.63, 3.8) is 0 Å². The molecule has 2 amide bonds. The summed E-state index contributed by atoms with van der Waals surface area (Å²) in [6.07, 6.45) is 1.18. The highest BCUT2D eigenvalue weighted by Crippen LogP contribution is 2.16. The monoisotopic (exact) mass is 388 g/mol. The van der Waals surface area contributed by atoms with Crippen molar-refractivity contribution in [2.24, 2.45) is 0 Å². The van der Waals surface area contributed by atoms with Crippen LogP contribution in [0.3, 0.4) is 0 Å². The van der Waals surface area contributed by atoms with Crippen molar-refractivity contribution in [3.8, 4) is 0 Å². The standard InChI is InChI=1S/C25H28N2O2/c1-3-19(2)27(18-20-9-5-4-6-10-20)24(28)15-16-26-25(29)23-14-13-21-11-7-8-12-22(21)17-23/h4-14,17,19H,3,15-16,18H2,1-2H3,(H,26,29). The summed E-state index contributed by atoms with van der Waals surface area (Å²) in [6, 6.07) is 23.7. The largest absolute Gasteiger partial charge is 0.352 e. The first-order chi connectivity index (χ1) is 14.1. The van der Waals surface area contributed by atoms with E-state index in [-0.39, 0.29) is 24.3 Å². The van der Waals surface area contributed by atoms with Crippen LogP contribution >= 0.6 is 0 Å². The molecule has 0 spiro atoms. The number of hydrogen-bond acceptors (Lipinski definition) is 2. The van der Waals surface area contributed by atoms with Crippen LogP contribution in [0.1, 0.15) is 42.6 Å². The minimum absolute atomic E-state index is 0.0574. The van der Waals surface area contributed by atoms with Gasteiger partial charge in [0.25, 0.3) is 5.91 Å². The van der Waals surface area contributed by atoms with E-state index in [2.05, 4.69) is 19.2 Å². The van der Waals surface area contributed by atoms with Crippen LogP contribution in [-0.4, -0.2) is 29.3 Å². The average molecular weight is 389 g/mol. The molecule has 0 aliphatic heterocycles. The van der Waals surface area contributed by atoms with Gasteiger partial charge in [0.1, 0.15) is 0 Å². The van der Waals surface area contributed by atoms with Gasteiger partial charge in [-0.3, -0.25) is 9.59 Å². The van der Waals surface area contributed by atoms with Gasteiger partial charge in [0.15, 0.2) is 0 Å². The molecule has 0 fully saturated rings. The molecular weight excluding hydrogens is 360 g/mol. The number of rotatable bonds is 8. The fourth-order valence-corrected chi connectivity index (χ4v) is 3.35. The molecule has 3 rings (SSSR count). The second-order valence-corrected chi connectivity index (χ2v) is 7.33. The molecule has 0 aliphatic carbocycles. The number of carbonyl (C=O) groups is 2. The zero-order valence-corrected chi connectivity index (χ0v) is 17.1. The van der Waals surface area contributed by atoms with E-state index in [0.717, 1.165) is 22.8 Å². The lowest BCUT2D eigenvalue weighted by Gasteiger charge is -2.29. The number of nitrogens with zero attached hydrogens (tertiary/aromatic N) is 1. The van der Waals surface area contributed by atoms with Crippen molar-refractivity contribution < 1.29 is 9.59 Å². The van der Waals surface area contributed by atoms with E-state index in [0.29, 0.717) is 18.7 Å². The molecular formula is C25H28N2O2. The average Bonchev–Trinajstić information content (AvgIpc) is 2.77. The Morgan fingerprint density at radius 3 is 2.34 bits per heavy atom. The molecule has 3 aromatic rings. The fourth-order valence-electron chi connectivity index (χ4n) is 3.35. The van der Waals surface area contributed by atoms with Crippen LogP contribution in [0.15, 0.2) is 72.8 Å². The lowest BCUT2D eigenvalue weighted by atomic mass is 10.1. The van der Waals surface area contributed by atoms with Crippen molar-refractivity contribution in [1.29, 1.82) is 0 Å². The van der Waals surface area contributed by atoms with Gasteiger partial charge in [0, 0.05) is 31.1 Å². The Labute approximate surface area is 172 Å². The number of nitrogens with one attached hydrogen (secondary N) is 1. The van der Waals surface area contributed by atoms with E-state index in [4.69, 9.17) is 0 Å². The first-order valence-electron chi connectivity index (χ1n) is 10.2. The van der Waals surface area contributed by atoms with E-state index in [1.807, 2.05) is 77.7 Å². The highest BCUT2D eigenvalue weighted by atomic mass is 16.2. The second kappa shape index (κ2) is 9.87. The van der Waals surface area contributed by atoms with Gasteiger partial charge < -0.3 is 10.2 Å². The van der Waals surface area contributed by atoms with Gasteiger partial charge in [0.05, 0.1) is 0 Å². The van der Waals surface area contributed by atoms with E-state index in [1.54, 1.807) is 0 Å². The van der Waals surface area contributed by atoms with Crippen molar-refractivity contribution in [3.05, 3.63) is 83.9 Å². The molecule has 0 bridgehead atoms. The zero-order valence-electron chi connectivity index (χ0n) is 17.1. The molecule has 4 nitrogen and oxygen atoms in total. The Morgan fingerprint density at radius 2 is 1.62 bits per heavy atom. The van der Waals surface area contributed by atoms with Gasteiger partial charge in [-0.15, -0.1) is 0 Å². The highest BCUT2D eigenvalue weighted by Gasteiger charge is 2.19. The van der Waals surface area contributed by atoms with Crippen LogP contribution in [0.25, 0.3) is 10.8 Å². The summed E-state index contributed by atoms with van der Waals surface area (Å²) in [4.78, 5) is 27.2. The van der Waals surface area contributed by atoms with Crippen LogP contribution in [0.2, 0.25) is 0 Å². The van der Waals surface area contributed by atoms with Crippen LogP contribution in [-0.2, 0) is 11.3 Å². The summed E-state index contributed by atoms with van der Waals surface area (Å²) < 4.78 is 0. The van der Waals surface area contributed by atoms with Crippen molar-refractivity contribution in [1.82, 2.24) is 10.2 Å². The summed E-state index contributed by atoms with van der Waals surface area (Å²) in [5.74, 6) is -0.0938. The summed E-state index contributed by atoms with van der Waals surface area (Å²) in [5.41, 5.74) is 1.72. The molecule has 4 heteroatoms. The predicted molar refractivity (Wildman–Crippen MR) is 118 cm³/mol. The number of fused-ring (bicyclic) bond motifs is 1. The lowest BCUT2D eigenvalue weighted by molar-refractivity contribution is -0.133. The molecule has 150 valence electrons. The lowest BCUT2D eigenvalue weighted by Crippen LogP contribution is -2.39. The summed E-state index contributed by atoms with van der Waals surface area (Å²) in [6.45, 7) is 5.06. The second-order valence-electron chi connectivity index (χ2n) is 7.33. The molecule has 3 aromatic carbocycles. The number of benzene rings is 3. The van der Waals surface area contributed by atoms with Gasteiger partial charge in [-0.2, -0.15) is 0 Å². The third-order valence-corrected chi connectivity index (χ3v) is 5.28. The van der Waals surface area contributed by atoms with Gasteiger partial charge in [-0.05, 0) is 41.8 Å². The van der Waals surface area contributed by atoms with Crippen molar-refractivity contribution in [2.75, 3.05) is 6.54 Å². The molecule has 0 radical (unpaired) electrons. The molecule has 1 N–H and O–H groups in total. The molecule has 29 heavy (non-hydrogen) atoms. The smallest absolute Gasteiger partial charge is 0.251 e. The number of hydrogen-bond donors (Lipinski definition) is 1. The first kappa shape index (κ1) is 20.6. The van der Waals surface area contributed by atoms with E-state index >= 15 is 0 Å². The maximum atomic E-state index is 12.8. The van der Waals surface area contributed by atoms with Gasteiger partial charge >= 0.3 is 0 Å². The molecule has 1 unspecified atom stereocenters. The summed E-state index contributed by atoms with van der Waals surface area (Å²) in [7, 11) is 0. The van der Waals surface area contributed by atoms with Crippen molar-refractivity contribution in [2.45, 2.75) is 39.3 Å². The molecule has 0 saturated carbocycles. The van der Waals surface area contributed by atoms with E-state index < -0.39 is 0 Å². The van der Waals surface area contributed by atoms with Crippen LogP contribution < -0.4 is 5.32 Å². The van der Waals surface area contributed by atoms with Crippen LogP contribution in [0, 0.1) is 0 Å². The van der Waals surface area contributed by atoms with Gasteiger partial charge in [-0.1, -0.05) is 67.6 Å². The Hall–Kier alpha value is -3.14. The van der Waals surface area contributed by atoms with Crippen LogP contribution in [0.5, 0.6) is 0 Å². The quantitative estimate of drug-likeness (QED) is 0.603. The summed E-state index contributed by atoms with van der Waals surface area (Å²) in [5, 5.41) is 5.01. The highest BCUT2D eigenvalue weighted by molar-refractivity contribution is 5.98. The third-order valence-electron chi connectivity index (χ3n) is 5.28. The molecule has 0 saturated heterocycles. The third kappa shape index (κ3) is 5.44. The van der Waals surface area contributed by atoms with E-state index in [9.17, 15) is 9.59 Å². The SMILES string of the molecule is CCC(C)N(Cc1ccccc1)C(=O)CCNC(=O)c1ccc2ccccc2c1. The predicted octanol–water partition coefficient (Wildman–Crippen LogP) is 4.79. The zero-order chi connectivity index (χ0) is 20.6. The first-order valence-corrected chi connectivity index (χ1v) is 10.2. The van der Waals surface area contributed by atoms with Gasteiger partial charge in [-0.25, -0.2) is 0 Å². The Kier molecular flexibility index (Phi) is 7.01. The Bertz CT molecular complexity index is 969. The Morgan fingerprint density at radius 1 is 0.931 bits per heavy atom. The molecule has 1 atom stereocenters. The normalized spacial score (nSPS) is 11.8. The topological polar surface area (TPSA) is 49.4 Å². The maximum Gasteiger partial charge on any atom is 0.251 e. The van der Waals surface area contributed by atoms with Crippen molar-refractivity contribution >= 4 is 22.6 Å². The van der Waals surface area contributed by atoms with E-state index in [1.165, 1.54) is 0 Å². The van der Waals surface area contributed by atoms with Crippen LogP contribution in [0.4, 0.5) is 0 Å². The minimum atomic E-state index is -0.151. The maximum absolute atomic E-state index is 12.8. The fraction of sp³-hybridized carbons (Fsp3) is 0.280. The van der Waals surface area contributed by atoms with Gasteiger partial charge in [0.2, 0.25) is 5.91 Å². The minimum Gasteiger partial charge on any atom is -0.352 e. The number of amides is 2. The molecule has 0 aliphatic rings. The number of carbonyl (C=O) groups excluding carboxylic acids is 2. The molecule has 0 heterocycles. The summed E-state index contributed by atoms with van der Waals surface area (Å²) >= 11 is 0.